The van der Waals surface area contributed by atoms with Crippen molar-refractivity contribution < 1.29 is 19.4 Å². The minimum atomic E-state index is -0.867. The Balaban J connectivity index is 0.000000189. The van der Waals surface area contributed by atoms with Crippen molar-refractivity contribution in [3.8, 4) is 5.88 Å². The summed E-state index contributed by atoms with van der Waals surface area (Å²) in [6.07, 6.45) is 11.5. The molecule has 1 atom stereocenters. The van der Waals surface area contributed by atoms with Crippen LogP contribution < -0.4 is 17.0 Å². The van der Waals surface area contributed by atoms with Crippen LogP contribution in [0.25, 0.3) is 0 Å². The predicted molar refractivity (Wildman–Crippen MR) is 147 cm³/mol. The van der Waals surface area contributed by atoms with E-state index in [0.717, 1.165) is 29.6 Å². The number of carbonyl (C=O) groups excluding carboxylic acids is 2. The molecule has 5 rings (SSSR count). The highest BCUT2D eigenvalue weighted by atomic mass is 16.5. The van der Waals surface area contributed by atoms with E-state index < -0.39 is 28.5 Å². The molecule has 0 aromatic carbocycles. The van der Waals surface area contributed by atoms with Gasteiger partial charge in [0.1, 0.15) is 17.4 Å². The molecule has 0 bridgehead atoms. The highest BCUT2D eigenvalue weighted by Gasteiger charge is 2.45. The largest absolute Gasteiger partial charge is 0.494 e. The maximum Gasteiger partial charge on any atom is 0.330 e. The van der Waals surface area contributed by atoms with E-state index >= 15 is 0 Å². The minimum absolute atomic E-state index is 0.0131. The third kappa shape index (κ3) is 7.49. The first-order chi connectivity index (χ1) is 18.3. The van der Waals surface area contributed by atoms with Gasteiger partial charge in [-0.1, -0.05) is 52.4 Å². The first kappa shape index (κ1) is 30.4. The number of amides is 3. The van der Waals surface area contributed by atoms with Crippen LogP contribution in [-0.4, -0.2) is 75.1 Å². The second-order valence-corrected chi connectivity index (χ2v) is 11.9. The van der Waals surface area contributed by atoms with Crippen molar-refractivity contribution in [3.05, 3.63) is 26.4 Å². The monoisotopic (exact) mass is 548 g/mol. The Morgan fingerprint density at radius 2 is 1.64 bits per heavy atom. The van der Waals surface area contributed by atoms with Gasteiger partial charge in [0.25, 0.3) is 11.5 Å². The van der Waals surface area contributed by atoms with Crippen molar-refractivity contribution in [3.63, 3.8) is 0 Å². The number of aromatic amines is 1. The fraction of sp³-hybridized carbons (Fsp3) is 0.741. The van der Waals surface area contributed by atoms with Crippen LogP contribution in [0.2, 0.25) is 0 Å². The van der Waals surface area contributed by atoms with Crippen LogP contribution >= 0.6 is 0 Å². The van der Waals surface area contributed by atoms with E-state index in [2.05, 4.69) is 13.8 Å². The molecule has 3 heterocycles. The molecule has 0 spiro atoms. The summed E-state index contributed by atoms with van der Waals surface area (Å²) in [5.74, 6) is -0.194. The molecule has 4 fully saturated rings. The third-order valence-electron chi connectivity index (χ3n) is 8.24. The lowest BCUT2D eigenvalue weighted by Crippen LogP contribution is -2.45. The van der Waals surface area contributed by atoms with Crippen LogP contribution in [0.1, 0.15) is 77.2 Å². The molecule has 2 saturated heterocycles. The predicted octanol–water partition coefficient (Wildman–Crippen LogP) is 2.13. The van der Waals surface area contributed by atoms with Gasteiger partial charge in [-0.25, -0.2) is 9.59 Å². The number of nitrogens with two attached hydrogens (primary N) is 1. The summed E-state index contributed by atoms with van der Waals surface area (Å²) in [5, 5.41) is 16.2. The van der Waals surface area contributed by atoms with Crippen molar-refractivity contribution in [2.75, 3.05) is 26.8 Å². The number of amidine groups is 1. The summed E-state index contributed by atoms with van der Waals surface area (Å²) in [6, 6.07) is -0.348. The van der Waals surface area contributed by atoms with Crippen LogP contribution in [0.3, 0.4) is 0 Å². The van der Waals surface area contributed by atoms with Crippen molar-refractivity contribution >= 4 is 17.8 Å². The number of urea groups is 1. The molecule has 4 aliphatic rings. The second kappa shape index (κ2) is 12.8. The van der Waals surface area contributed by atoms with Gasteiger partial charge in [-0.15, -0.1) is 0 Å². The van der Waals surface area contributed by atoms with E-state index in [0.29, 0.717) is 18.4 Å². The van der Waals surface area contributed by atoms with Crippen molar-refractivity contribution in [1.82, 2.24) is 19.4 Å². The summed E-state index contributed by atoms with van der Waals surface area (Å²) in [7, 11) is 2.86. The Bertz CT molecular complexity index is 1160. The average Bonchev–Trinajstić information content (AvgIpc) is 3.03. The first-order valence-electron chi connectivity index (χ1n) is 13.8. The number of nitrogen functional groups attached to an aromatic ring is 1. The topological polar surface area (TPSA) is 175 Å². The molecule has 5 N–H and O–H groups in total. The molecule has 2 saturated carbocycles. The van der Waals surface area contributed by atoms with Gasteiger partial charge in [-0.3, -0.25) is 29.4 Å². The number of aromatic nitrogens is 2. The van der Waals surface area contributed by atoms with E-state index in [1.165, 1.54) is 63.3 Å². The summed E-state index contributed by atoms with van der Waals surface area (Å²) >= 11 is 0. The zero-order valence-electron chi connectivity index (χ0n) is 23.6. The van der Waals surface area contributed by atoms with Gasteiger partial charge in [-0.2, -0.15) is 0 Å². The maximum atomic E-state index is 12.3. The molecular formula is C27H44N6O6. The van der Waals surface area contributed by atoms with Gasteiger partial charge in [0.2, 0.25) is 5.88 Å². The normalized spacial score (nSPS) is 22.7. The van der Waals surface area contributed by atoms with Gasteiger partial charge in [0.15, 0.2) is 0 Å². The number of ether oxygens (including phenoxy) is 1. The van der Waals surface area contributed by atoms with E-state index in [-0.39, 0.29) is 18.0 Å². The standard InChI is InChI=1S/C15H24N2O3.C6H8N4O3.C6H12/c1-16-14(18)13(7-11-5-3-2-4-6-11)17(15(16)19)8-12-9-20-10-12;1-10-5(12)2(3(7)8)4(11)9-6(10)13;1-6(2)4-3-5-6/h11-13H,2-10H2,1H3;12H,1H3,(H3,7,8)(H,9,11,13);3-5H2,1-2H3. The molecular weight excluding hydrogens is 504 g/mol. The average molecular weight is 549 g/mol. The van der Waals surface area contributed by atoms with Crippen molar-refractivity contribution in [2.45, 2.75) is 77.7 Å². The number of likely N-dealkylation sites (N-methyl/N-ethyl adjacent to an activating group) is 1. The minimum Gasteiger partial charge on any atom is -0.494 e. The van der Waals surface area contributed by atoms with Crippen molar-refractivity contribution in [2.24, 2.45) is 30.0 Å². The number of nitrogens with zero attached hydrogens (tertiary/aromatic N) is 3. The highest BCUT2D eigenvalue weighted by Crippen LogP contribution is 2.39. The van der Waals surface area contributed by atoms with Gasteiger partial charge in [-0.05, 0) is 30.6 Å². The zero-order valence-corrected chi connectivity index (χ0v) is 23.6. The summed E-state index contributed by atoms with van der Waals surface area (Å²) in [6.45, 7) is 6.77. The lowest BCUT2D eigenvalue weighted by atomic mass is 9.72. The number of nitrogens with one attached hydrogen (secondary N) is 2. The Morgan fingerprint density at radius 1 is 1.05 bits per heavy atom. The highest BCUT2D eigenvalue weighted by molar-refractivity contribution is 6.03. The quantitative estimate of drug-likeness (QED) is 0.247. The van der Waals surface area contributed by atoms with Crippen LogP contribution in [0.5, 0.6) is 5.88 Å². The van der Waals surface area contributed by atoms with Gasteiger partial charge >= 0.3 is 11.7 Å². The number of hydrogen-bond acceptors (Lipinski definition) is 7. The lowest BCUT2D eigenvalue weighted by molar-refractivity contribution is -0.128. The van der Waals surface area contributed by atoms with Gasteiger partial charge < -0.3 is 20.5 Å². The van der Waals surface area contributed by atoms with Crippen LogP contribution in [0, 0.1) is 22.7 Å². The second-order valence-electron chi connectivity index (χ2n) is 11.9. The fourth-order valence-electron chi connectivity index (χ4n) is 5.35. The molecule has 2 aliphatic heterocycles. The number of aromatic hydroxyl groups is 1. The molecule has 2 aliphatic carbocycles. The summed E-state index contributed by atoms with van der Waals surface area (Å²) in [5.41, 5.74) is 3.72. The summed E-state index contributed by atoms with van der Waals surface area (Å²) in [4.78, 5) is 51.4. The molecule has 218 valence electrons. The number of rotatable bonds is 5. The smallest absolute Gasteiger partial charge is 0.330 e. The van der Waals surface area contributed by atoms with Crippen LogP contribution in [0.4, 0.5) is 4.79 Å². The molecule has 1 unspecified atom stereocenters. The molecule has 3 amide bonds. The van der Waals surface area contributed by atoms with Crippen LogP contribution in [0.15, 0.2) is 9.59 Å². The first-order valence-corrected chi connectivity index (χ1v) is 13.8. The maximum absolute atomic E-state index is 12.3. The Kier molecular flexibility index (Phi) is 9.98. The molecule has 0 radical (unpaired) electrons. The fourth-order valence-corrected chi connectivity index (χ4v) is 5.35. The van der Waals surface area contributed by atoms with E-state index in [9.17, 15) is 24.3 Å². The lowest BCUT2D eigenvalue weighted by Gasteiger charge is -2.33. The van der Waals surface area contributed by atoms with Gasteiger partial charge in [0.05, 0.1) is 13.2 Å². The van der Waals surface area contributed by atoms with Crippen LogP contribution in [-0.2, 0) is 16.6 Å². The molecule has 12 heteroatoms. The zero-order chi connectivity index (χ0) is 28.9. The SMILES string of the molecule is CC1(C)CCC1.CN1C(=O)C(CC2CCCCC2)N(CC2COC2)C1=O.Cn1c(O)c(C(=N)N)c(=O)[nH]c1=O. The number of carbonyl (C=O) groups is 2. The van der Waals surface area contributed by atoms with E-state index in [1.807, 2.05) is 4.98 Å². The summed E-state index contributed by atoms with van der Waals surface area (Å²) < 4.78 is 5.97. The Morgan fingerprint density at radius 3 is 2.10 bits per heavy atom. The number of H-pyrrole nitrogens is 1. The number of imide groups is 1. The molecule has 1 aromatic rings. The van der Waals surface area contributed by atoms with Crippen molar-refractivity contribution in [1.29, 1.82) is 5.41 Å². The Labute approximate surface area is 229 Å². The molecule has 1 aromatic heterocycles. The number of hydrogen-bond donors (Lipinski definition) is 4. The van der Waals surface area contributed by atoms with E-state index in [1.54, 1.807) is 11.9 Å². The Hall–Kier alpha value is -3.15. The molecule has 39 heavy (non-hydrogen) atoms. The third-order valence-corrected chi connectivity index (χ3v) is 8.24. The van der Waals surface area contributed by atoms with Gasteiger partial charge in [0, 0.05) is 26.6 Å². The molecule has 12 nitrogen and oxygen atoms in total. The van der Waals surface area contributed by atoms with E-state index in [4.69, 9.17) is 15.9 Å².